The number of rotatable bonds is 7. The normalized spacial score (nSPS) is 10.5. The van der Waals surface area contributed by atoms with E-state index in [-0.39, 0.29) is 11.9 Å². The zero-order valence-corrected chi connectivity index (χ0v) is 12.2. The average molecular weight is 285 g/mol. The summed E-state index contributed by atoms with van der Waals surface area (Å²) in [5.74, 6) is -0.296. The molecule has 106 valence electrons. The number of aromatic nitrogens is 1. The van der Waals surface area contributed by atoms with Crippen molar-refractivity contribution in [3.05, 3.63) is 11.1 Å². The molecule has 6 nitrogen and oxygen atoms in total. The Labute approximate surface area is 116 Å². The van der Waals surface area contributed by atoms with E-state index in [1.807, 2.05) is 19.5 Å². The largest absolute Gasteiger partial charge is 0.469 e. The average Bonchev–Trinajstić information content (AvgIpc) is 2.75. The number of methoxy groups -OCH3 is 1. The Bertz CT molecular complexity index is 432. The van der Waals surface area contributed by atoms with Gasteiger partial charge in [-0.15, -0.1) is 11.3 Å². The molecule has 1 aromatic rings. The molecular weight excluding hydrogens is 266 g/mol. The van der Waals surface area contributed by atoms with E-state index in [0.717, 1.165) is 5.69 Å². The second-order valence-corrected chi connectivity index (χ2v) is 5.22. The molecule has 0 spiro atoms. The number of aryl methyl sites for hydroxylation is 1. The van der Waals surface area contributed by atoms with Crippen molar-refractivity contribution in [2.75, 3.05) is 33.1 Å². The van der Waals surface area contributed by atoms with Crippen LogP contribution >= 0.6 is 11.3 Å². The van der Waals surface area contributed by atoms with E-state index < -0.39 is 0 Å². The van der Waals surface area contributed by atoms with Crippen LogP contribution in [0.2, 0.25) is 0 Å². The van der Waals surface area contributed by atoms with Gasteiger partial charge in [0.2, 0.25) is 5.91 Å². The lowest BCUT2D eigenvalue weighted by atomic mass is 10.2. The SMILES string of the molecule is COC(=O)CCCc1csc(NC(=O)CN(C)C)n1. The van der Waals surface area contributed by atoms with Gasteiger partial charge in [0, 0.05) is 11.8 Å². The van der Waals surface area contributed by atoms with Crippen LogP contribution in [0.4, 0.5) is 5.13 Å². The molecule has 1 rings (SSSR count). The third-order valence-electron chi connectivity index (χ3n) is 2.30. The fourth-order valence-corrected chi connectivity index (χ4v) is 2.20. The maximum atomic E-state index is 11.5. The number of amides is 1. The minimum Gasteiger partial charge on any atom is -0.469 e. The zero-order valence-electron chi connectivity index (χ0n) is 11.4. The first-order valence-electron chi connectivity index (χ1n) is 5.97. The highest BCUT2D eigenvalue weighted by Crippen LogP contribution is 2.17. The van der Waals surface area contributed by atoms with Crippen molar-refractivity contribution in [2.45, 2.75) is 19.3 Å². The van der Waals surface area contributed by atoms with Gasteiger partial charge in [0.25, 0.3) is 0 Å². The molecule has 19 heavy (non-hydrogen) atoms. The summed E-state index contributed by atoms with van der Waals surface area (Å²) in [5.41, 5.74) is 0.883. The Hall–Kier alpha value is -1.47. The number of carbonyl (C=O) groups excluding carboxylic acids is 2. The van der Waals surface area contributed by atoms with Crippen LogP contribution in [0.5, 0.6) is 0 Å². The second kappa shape index (κ2) is 7.85. The number of carbonyl (C=O) groups is 2. The maximum Gasteiger partial charge on any atom is 0.305 e. The second-order valence-electron chi connectivity index (χ2n) is 4.36. The third kappa shape index (κ3) is 6.30. The van der Waals surface area contributed by atoms with Crippen molar-refractivity contribution in [2.24, 2.45) is 0 Å². The first-order valence-corrected chi connectivity index (χ1v) is 6.85. The summed E-state index contributed by atoms with van der Waals surface area (Å²) in [6.45, 7) is 0.331. The van der Waals surface area contributed by atoms with Crippen LogP contribution in [0.3, 0.4) is 0 Å². The van der Waals surface area contributed by atoms with E-state index >= 15 is 0 Å². The molecule has 1 heterocycles. The Balaban J connectivity index is 2.36. The highest BCUT2D eigenvalue weighted by Gasteiger charge is 2.08. The van der Waals surface area contributed by atoms with Gasteiger partial charge >= 0.3 is 5.97 Å². The number of anilines is 1. The summed E-state index contributed by atoms with van der Waals surface area (Å²) >= 11 is 1.39. The van der Waals surface area contributed by atoms with Crippen molar-refractivity contribution in [1.82, 2.24) is 9.88 Å². The Morgan fingerprint density at radius 3 is 2.84 bits per heavy atom. The molecule has 1 amide bonds. The van der Waals surface area contributed by atoms with Gasteiger partial charge in [0.15, 0.2) is 5.13 Å². The van der Waals surface area contributed by atoms with Crippen molar-refractivity contribution >= 4 is 28.3 Å². The highest BCUT2D eigenvalue weighted by atomic mass is 32.1. The third-order valence-corrected chi connectivity index (χ3v) is 3.11. The number of esters is 1. The van der Waals surface area contributed by atoms with Gasteiger partial charge < -0.3 is 15.0 Å². The Morgan fingerprint density at radius 2 is 2.21 bits per heavy atom. The standard InChI is InChI=1S/C12H19N3O3S/c1-15(2)7-10(16)14-12-13-9(8-19-12)5-4-6-11(17)18-3/h8H,4-7H2,1-3H3,(H,13,14,16). The van der Waals surface area contributed by atoms with E-state index in [4.69, 9.17) is 0 Å². The summed E-state index contributed by atoms with van der Waals surface area (Å²) in [5, 5.41) is 5.23. The van der Waals surface area contributed by atoms with Crippen molar-refractivity contribution in [3.63, 3.8) is 0 Å². The minimum absolute atomic E-state index is 0.0829. The number of nitrogens with zero attached hydrogens (tertiary/aromatic N) is 2. The van der Waals surface area contributed by atoms with Crippen molar-refractivity contribution in [3.8, 4) is 0 Å². The number of hydrogen-bond donors (Lipinski definition) is 1. The quantitative estimate of drug-likeness (QED) is 0.761. The number of thiazole rings is 1. The molecule has 0 aliphatic carbocycles. The van der Waals surface area contributed by atoms with Crippen molar-refractivity contribution < 1.29 is 14.3 Å². The molecule has 0 aliphatic rings. The van der Waals surface area contributed by atoms with Crippen molar-refractivity contribution in [1.29, 1.82) is 0 Å². The van der Waals surface area contributed by atoms with Crippen LogP contribution in [0, 0.1) is 0 Å². The molecule has 7 heteroatoms. The van der Waals surface area contributed by atoms with E-state index in [1.165, 1.54) is 18.4 Å². The smallest absolute Gasteiger partial charge is 0.305 e. The van der Waals surface area contributed by atoms with E-state index in [0.29, 0.717) is 30.9 Å². The zero-order chi connectivity index (χ0) is 14.3. The fourth-order valence-electron chi connectivity index (χ4n) is 1.44. The molecule has 0 saturated carbocycles. The van der Waals surface area contributed by atoms with Gasteiger partial charge in [-0.3, -0.25) is 9.59 Å². The topological polar surface area (TPSA) is 71.5 Å². The fraction of sp³-hybridized carbons (Fsp3) is 0.583. The summed E-state index contributed by atoms with van der Waals surface area (Å²) in [6.07, 6.45) is 1.78. The van der Waals surface area contributed by atoms with Gasteiger partial charge in [-0.25, -0.2) is 4.98 Å². The minimum atomic E-state index is -0.213. The van der Waals surface area contributed by atoms with E-state index in [1.54, 1.807) is 4.90 Å². The van der Waals surface area contributed by atoms with Crippen LogP contribution in [0.15, 0.2) is 5.38 Å². The summed E-state index contributed by atoms with van der Waals surface area (Å²) < 4.78 is 4.56. The highest BCUT2D eigenvalue weighted by molar-refractivity contribution is 7.13. The Morgan fingerprint density at radius 1 is 1.47 bits per heavy atom. The number of nitrogens with one attached hydrogen (secondary N) is 1. The van der Waals surface area contributed by atoms with Crippen LogP contribution in [-0.4, -0.2) is 49.5 Å². The molecule has 0 atom stereocenters. The number of likely N-dealkylation sites (N-methyl/N-ethyl adjacent to an activating group) is 1. The molecule has 0 aromatic carbocycles. The first kappa shape index (κ1) is 15.6. The summed E-state index contributed by atoms with van der Waals surface area (Å²) in [6, 6.07) is 0. The molecule has 0 unspecified atom stereocenters. The van der Waals surface area contributed by atoms with Gasteiger partial charge in [-0.1, -0.05) is 0 Å². The molecule has 0 aliphatic heterocycles. The van der Waals surface area contributed by atoms with Crippen LogP contribution in [0.1, 0.15) is 18.5 Å². The maximum absolute atomic E-state index is 11.5. The molecular formula is C12H19N3O3S. The van der Waals surface area contributed by atoms with Gasteiger partial charge in [0.05, 0.1) is 19.3 Å². The molecule has 0 radical (unpaired) electrons. The van der Waals surface area contributed by atoms with Gasteiger partial charge in [0.1, 0.15) is 0 Å². The summed E-state index contributed by atoms with van der Waals surface area (Å²) in [7, 11) is 5.04. The van der Waals surface area contributed by atoms with E-state index in [9.17, 15) is 9.59 Å². The predicted molar refractivity (Wildman–Crippen MR) is 74.3 cm³/mol. The molecule has 1 aromatic heterocycles. The molecule has 0 bridgehead atoms. The Kier molecular flexibility index (Phi) is 6.44. The molecule has 0 fully saturated rings. The van der Waals surface area contributed by atoms with Gasteiger partial charge in [-0.05, 0) is 26.9 Å². The predicted octanol–water partition coefficient (Wildman–Crippen LogP) is 1.14. The number of ether oxygens (including phenoxy) is 1. The number of hydrogen-bond acceptors (Lipinski definition) is 6. The summed E-state index contributed by atoms with van der Waals surface area (Å²) in [4.78, 5) is 28.6. The van der Waals surface area contributed by atoms with Gasteiger partial charge in [-0.2, -0.15) is 0 Å². The lowest BCUT2D eigenvalue weighted by Crippen LogP contribution is -2.27. The first-order chi connectivity index (χ1) is 9.01. The van der Waals surface area contributed by atoms with Crippen LogP contribution in [-0.2, 0) is 20.7 Å². The van der Waals surface area contributed by atoms with Crippen LogP contribution < -0.4 is 5.32 Å². The monoisotopic (exact) mass is 285 g/mol. The van der Waals surface area contributed by atoms with E-state index in [2.05, 4.69) is 15.0 Å². The van der Waals surface area contributed by atoms with Crippen LogP contribution in [0.25, 0.3) is 0 Å². The molecule has 1 N–H and O–H groups in total. The lowest BCUT2D eigenvalue weighted by Gasteiger charge is -2.07. The lowest BCUT2D eigenvalue weighted by molar-refractivity contribution is -0.140. The molecule has 0 saturated heterocycles.